The Balaban J connectivity index is 1.85. The van der Waals surface area contributed by atoms with Gasteiger partial charge in [0.1, 0.15) is 11.6 Å². The summed E-state index contributed by atoms with van der Waals surface area (Å²) in [4.78, 5) is 0. The van der Waals surface area contributed by atoms with Gasteiger partial charge in [0.25, 0.3) is 0 Å². The molecule has 0 aromatic heterocycles. The number of fused-ring (bicyclic) bond motifs is 1. The minimum absolute atomic E-state index is 0.340. The van der Waals surface area contributed by atoms with E-state index in [1.165, 1.54) is 37.8 Å². The number of halogens is 2. The summed E-state index contributed by atoms with van der Waals surface area (Å²) in [6.45, 7) is 1.57. The molecule has 2 fully saturated rings. The van der Waals surface area contributed by atoms with Crippen LogP contribution in [0.15, 0.2) is 12.1 Å². The Kier molecular flexibility index (Phi) is 2.89. The number of rotatable bonds is 2. The second-order valence-electron chi connectivity index (χ2n) is 5.84. The van der Waals surface area contributed by atoms with Gasteiger partial charge < -0.3 is 5.73 Å². The molecule has 3 heteroatoms. The molecule has 1 aromatic carbocycles. The predicted molar refractivity (Wildman–Crippen MR) is 67.0 cm³/mol. The van der Waals surface area contributed by atoms with Gasteiger partial charge in [-0.1, -0.05) is 12.8 Å². The second kappa shape index (κ2) is 4.30. The minimum atomic E-state index is -0.356. The highest BCUT2D eigenvalue weighted by Gasteiger charge is 2.53. The first kappa shape index (κ1) is 12.1. The van der Waals surface area contributed by atoms with E-state index in [-0.39, 0.29) is 17.7 Å². The van der Waals surface area contributed by atoms with Crippen molar-refractivity contribution >= 4 is 0 Å². The Hall–Kier alpha value is -0.960. The van der Waals surface area contributed by atoms with Gasteiger partial charge in [0.15, 0.2) is 0 Å². The molecule has 0 bridgehead atoms. The lowest BCUT2D eigenvalue weighted by molar-refractivity contribution is 0.480. The average Bonchev–Trinajstić information content (AvgIpc) is 3.07. The molecule has 2 aliphatic carbocycles. The Morgan fingerprint density at radius 1 is 1.11 bits per heavy atom. The number of aryl methyl sites for hydroxylation is 1. The van der Waals surface area contributed by atoms with Gasteiger partial charge in [-0.3, -0.25) is 0 Å². The van der Waals surface area contributed by atoms with Crippen LogP contribution in [0.3, 0.4) is 0 Å². The molecular formula is C15H19F2N. The molecule has 0 aliphatic heterocycles. The van der Waals surface area contributed by atoms with E-state index in [4.69, 9.17) is 5.73 Å². The first-order valence-corrected chi connectivity index (χ1v) is 6.80. The van der Waals surface area contributed by atoms with Gasteiger partial charge in [-0.25, -0.2) is 8.78 Å². The summed E-state index contributed by atoms with van der Waals surface area (Å²) >= 11 is 0. The zero-order chi connectivity index (χ0) is 12.9. The lowest BCUT2D eigenvalue weighted by atomic mass is 9.98. The van der Waals surface area contributed by atoms with Gasteiger partial charge in [0.2, 0.25) is 0 Å². The fourth-order valence-corrected chi connectivity index (χ4v) is 3.70. The van der Waals surface area contributed by atoms with Gasteiger partial charge in [0.05, 0.1) is 0 Å². The monoisotopic (exact) mass is 251 g/mol. The van der Waals surface area contributed by atoms with Crippen molar-refractivity contribution in [2.45, 2.75) is 38.6 Å². The van der Waals surface area contributed by atoms with Gasteiger partial charge in [0, 0.05) is 11.6 Å². The molecule has 0 heterocycles. The molecule has 2 saturated carbocycles. The Bertz CT molecular complexity index is 460. The summed E-state index contributed by atoms with van der Waals surface area (Å²) in [7, 11) is 0. The van der Waals surface area contributed by atoms with Crippen LogP contribution >= 0.6 is 0 Å². The van der Waals surface area contributed by atoms with Crippen LogP contribution in [0.2, 0.25) is 0 Å². The summed E-state index contributed by atoms with van der Waals surface area (Å²) in [5.41, 5.74) is 6.88. The van der Waals surface area contributed by atoms with Crippen LogP contribution in [0.25, 0.3) is 0 Å². The lowest BCUT2D eigenvalue weighted by Crippen LogP contribution is -2.16. The van der Waals surface area contributed by atoms with Crippen LogP contribution in [0.5, 0.6) is 0 Å². The molecule has 0 radical (unpaired) electrons. The third-order valence-electron chi connectivity index (χ3n) is 4.77. The van der Waals surface area contributed by atoms with Crippen molar-refractivity contribution in [2.24, 2.45) is 23.5 Å². The molecule has 3 unspecified atom stereocenters. The predicted octanol–water partition coefficient (Wildman–Crippen LogP) is 3.71. The molecule has 98 valence electrons. The molecule has 1 aromatic rings. The fourth-order valence-electron chi connectivity index (χ4n) is 3.70. The number of benzene rings is 1. The number of hydrogen-bond acceptors (Lipinski definition) is 1. The Labute approximate surface area is 106 Å². The highest BCUT2D eigenvalue weighted by Crippen LogP contribution is 2.59. The molecule has 2 aliphatic rings. The van der Waals surface area contributed by atoms with E-state index < -0.39 is 0 Å². The van der Waals surface area contributed by atoms with Crippen LogP contribution in [-0.4, -0.2) is 0 Å². The van der Waals surface area contributed by atoms with E-state index in [9.17, 15) is 8.78 Å². The van der Waals surface area contributed by atoms with Crippen molar-refractivity contribution in [1.82, 2.24) is 0 Å². The topological polar surface area (TPSA) is 26.0 Å². The third kappa shape index (κ3) is 1.85. The van der Waals surface area contributed by atoms with Crippen molar-refractivity contribution in [3.8, 4) is 0 Å². The molecule has 18 heavy (non-hydrogen) atoms. The van der Waals surface area contributed by atoms with Crippen molar-refractivity contribution in [1.29, 1.82) is 0 Å². The van der Waals surface area contributed by atoms with E-state index in [0.29, 0.717) is 28.9 Å². The van der Waals surface area contributed by atoms with Gasteiger partial charge in [-0.15, -0.1) is 0 Å². The highest BCUT2D eigenvalue weighted by atomic mass is 19.1. The number of nitrogens with two attached hydrogens (primary N) is 1. The molecular weight excluding hydrogens is 232 g/mol. The quantitative estimate of drug-likeness (QED) is 0.852. The van der Waals surface area contributed by atoms with Crippen LogP contribution in [0.1, 0.15) is 42.9 Å². The maximum atomic E-state index is 13.9. The average molecular weight is 251 g/mol. The van der Waals surface area contributed by atoms with Crippen LogP contribution in [0, 0.1) is 36.3 Å². The van der Waals surface area contributed by atoms with E-state index in [0.717, 1.165) is 0 Å². The first-order valence-electron chi connectivity index (χ1n) is 6.80. The maximum absolute atomic E-state index is 13.9. The Morgan fingerprint density at radius 3 is 2.33 bits per heavy atom. The summed E-state index contributed by atoms with van der Waals surface area (Å²) in [5, 5.41) is 0. The van der Waals surface area contributed by atoms with Crippen molar-refractivity contribution in [3.63, 3.8) is 0 Å². The molecule has 1 nitrogen and oxygen atoms in total. The maximum Gasteiger partial charge on any atom is 0.128 e. The first-order chi connectivity index (χ1) is 8.59. The normalized spacial score (nSPS) is 31.9. The molecule has 3 atom stereocenters. The van der Waals surface area contributed by atoms with Crippen molar-refractivity contribution in [3.05, 3.63) is 34.9 Å². The van der Waals surface area contributed by atoms with Crippen LogP contribution in [0.4, 0.5) is 8.78 Å². The molecule has 2 N–H and O–H groups in total. The fraction of sp³-hybridized carbons (Fsp3) is 0.600. The zero-order valence-electron chi connectivity index (χ0n) is 10.6. The highest BCUT2D eigenvalue weighted by molar-refractivity contribution is 5.29. The van der Waals surface area contributed by atoms with Gasteiger partial charge in [-0.2, -0.15) is 0 Å². The molecule has 3 rings (SSSR count). The van der Waals surface area contributed by atoms with Gasteiger partial charge in [-0.05, 0) is 55.2 Å². The zero-order valence-corrected chi connectivity index (χ0v) is 10.6. The van der Waals surface area contributed by atoms with Crippen molar-refractivity contribution in [2.75, 3.05) is 0 Å². The summed E-state index contributed by atoms with van der Waals surface area (Å²) in [6.07, 6.45) is 4.93. The summed E-state index contributed by atoms with van der Waals surface area (Å²) in [5.74, 6) is 0.953. The van der Waals surface area contributed by atoms with Crippen molar-refractivity contribution < 1.29 is 8.78 Å². The number of hydrogen-bond donors (Lipinski definition) is 1. The minimum Gasteiger partial charge on any atom is -0.324 e. The smallest absolute Gasteiger partial charge is 0.128 e. The molecule has 0 saturated heterocycles. The van der Waals surface area contributed by atoms with Crippen LogP contribution < -0.4 is 5.73 Å². The third-order valence-corrected chi connectivity index (χ3v) is 4.77. The molecule has 0 spiro atoms. The summed E-state index contributed by atoms with van der Waals surface area (Å²) < 4.78 is 27.5. The van der Waals surface area contributed by atoms with E-state index >= 15 is 0 Å². The van der Waals surface area contributed by atoms with E-state index in [1.54, 1.807) is 6.92 Å². The van der Waals surface area contributed by atoms with Gasteiger partial charge >= 0.3 is 0 Å². The van der Waals surface area contributed by atoms with E-state index in [2.05, 4.69) is 0 Å². The standard InChI is InChI=1S/C15H19F2N/c1-8-6-13(17)11(7-12(8)16)15(18)14-9-4-2-3-5-10(9)14/h6-7,9-10,14-15H,2-5,18H2,1H3. The SMILES string of the molecule is Cc1cc(F)c(C(N)C2C3CCCCC32)cc1F. The largest absolute Gasteiger partial charge is 0.324 e. The lowest BCUT2D eigenvalue weighted by Gasteiger charge is -2.14. The summed E-state index contributed by atoms with van der Waals surface area (Å²) in [6, 6.07) is 2.21. The van der Waals surface area contributed by atoms with Crippen LogP contribution in [-0.2, 0) is 0 Å². The van der Waals surface area contributed by atoms with E-state index in [1.807, 2.05) is 0 Å². The Morgan fingerprint density at radius 2 is 1.72 bits per heavy atom. The molecule has 0 amide bonds. The second-order valence-corrected chi connectivity index (χ2v) is 5.84.